The summed E-state index contributed by atoms with van der Waals surface area (Å²) in [4.78, 5) is 28.5. The number of aromatic nitrogens is 7. The van der Waals surface area contributed by atoms with E-state index in [9.17, 15) is 4.79 Å². The fourth-order valence-electron chi connectivity index (χ4n) is 3.97. The fourth-order valence-corrected chi connectivity index (χ4v) is 3.97. The molecule has 0 saturated heterocycles. The van der Waals surface area contributed by atoms with Gasteiger partial charge in [0.05, 0.1) is 30.2 Å². The van der Waals surface area contributed by atoms with Gasteiger partial charge >= 0.3 is 0 Å². The molecule has 3 N–H and O–H groups in total. The van der Waals surface area contributed by atoms with Crippen LogP contribution < -0.4 is 5.32 Å². The number of Topliss-reactive ketones (excluding diaryl/α,β-unsaturated/α-hetero) is 1. The number of benzene rings is 2. The average molecular weight is 471 g/mol. The van der Waals surface area contributed by atoms with E-state index in [1.54, 1.807) is 24.7 Å². The monoisotopic (exact) mass is 471 g/mol. The predicted molar refractivity (Wildman–Crippen MR) is 135 cm³/mol. The van der Waals surface area contributed by atoms with E-state index in [4.69, 9.17) is 6.57 Å². The van der Waals surface area contributed by atoms with Gasteiger partial charge in [0.1, 0.15) is 5.82 Å². The highest BCUT2D eigenvalue weighted by Gasteiger charge is 2.14. The maximum atomic E-state index is 12.7. The number of rotatable bonds is 6. The van der Waals surface area contributed by atoms with Crippen molar-refractivity contribution >= 4 is 44.8 Å². The molecule has 172 valence electrons. The standard InChI is InChI=1S/C26H17N9O/c1-27-23-14-28-25(34-26(23)32-19-4-5-20-18(9-19)13-31-35-20)17-3-2-16-10-22(33-21(16)11-17)24(36)8-15-6-7-29-30-12-15/h2-7,9-14,33H,8H2,(H,31,35)(H,28,32,34). The minimum absolute atomic E-state index is 0.0421. The van der Waals surface area contributed by atoms with Crippen LogP contribution >= 0.6 is 0 Å². The lowest BCUT2D eigenvalue weighted by Crippen LogP contribution is -2.04. The molecule has 6 aromatic rings. The van der Waals surface area contributed by atoms with E-state index in [1.807, 2.05) is 42.5 Å². The molecule has 36 heavy (non-hydrogen) atoms. The van der Waals surface area contributed by atoms with Crippen molar-refractivity contribution in [2.24, 2.45) is 0 Å². The molecule has 10 heteroatoms. The Morgan fingerprint density at radius 2 is 1.92 bits per heavy atom. The number of ketones is 1. The first-order chi connectivity index (χ1) is 17.7. The first kappa shape index (κ1) is 21.1. The molecule has 4 heterocycles. The van der Waals surface area contributed by atoms with E-state index in [0.29, 0.717) is 23.0 Å². The Morgan fingerprint density at radius 1 is 0.972 bits per heavy atom. The van der Waals surface area contributed by atoms with Crippen LogP contribution in [0.5, 0.6) is 0 Å². The Hall–Kier alpha value is -5.43. The van der Waals surface area contributed by atoms with Crippen LogP contribution in [0.4, 0.5) is 17.2 Å². The van der Waals surface area contributed by atoms with Gasteiger partial charge in [-0.2, -0.15) is 15.3 Å². The predicted octanol–water partition coefficient (Wildman–Crippen LogP) is 5.01. The molecular weight excluding hydrogens is 454 g/mol. The highest BCUT2D eigenvalue weighted by Crippen LogP contribution is 2.30. The zero-order chi connectivity index (χ0) is 24.5. The summed E-state index contributed by atoms with van der Waals surface area (Å²) in [5, 5.41) is 19.6. The number of hydrogen-bond acceptors (Lipinski definition) is 7. The van der Waals surface area contributed by atoms with Crippen LogP contribution in [0.1, 0.15) is 16.1 Å². The maximum Gasteiger partial charge on any atom is 0.246 e. The molecule has 0 radical (unpaired) electrons. The van der Waals surface area contributed by atoms with Crippen LogP contribution in [-0.4, -0.2) is 41.1 Å². The molecule has 2 aromatic carbocycles. The Morgan fingerprint density at radius 3 is 2.78 bits per heavy atom. The summed E-state index contributed by atoms with van der Waals surface area (Å²) >= 11 is 0. The summed E-state index contributed by atoms with van der Waals surface area (Å²) in [6.07, 6.45) is 6.63. The lowest BCUT2D eigenvalue weighted by molar-refractivity contribution is 0.0989. The molecular formula is C26H17N9O. The first-order valence-corrected chi connectivity index (χ1v) is 11.0. The number of H-pyrrole nitrogens is 2. The molecule has 6 rings (SSSR count). The number of nitrogens with zero attached hydrogens (tertiary/aromatic N) is 6. The maximum absolute atomic E-state index is 12.7. The second-order valence-corrected chi connectivity index (χ2v) is 8.17. The number of carbonyl (C=O) groups is 1. The van der Waals surface area contributed by atoms with Gasteiger partial charge in [0, 0.05) is 46.4 Å². The number of hydrogen-bond donors (Lipinski definition) is 3. The third-order valence-corrected chi connectivity index (χ3v) is 5.78. The van der Waals surface area contributed by atoms with Gasteiger partial charge in [-0.1, -0.05) is 12.1 Å². The summed E-state index contributed by atoms with van der Waals surface area (Å²) < 4.78 is 0. The van der Waals surface area contributed by atoms with Gasteiger partial charge in [-0.3, -0.25) is 9.89 Å². The number of anilines is 2. The van der Waals surface area contributed by atoms with E-state index in [1.165, 1.54) is 6.20 Å². The van der Waals surface area contributed by atoms with Gasteiger partial charge in [-0.15, -0.1) is 0 Å². The summed E-state index contributed by atoms with van der Waals surface area (Å²) in [5.41, 5.74) is 4.88. The van der Waals surface area contributed by atoms with Crippen molar-refractivity contribution in [3.63, 3.8) is 0 Å². The van der Waals surface area contributed by atoms with Crippen molar-refractivity contribution < 1.29 is 4.79 Å². The molecule has 0 spiro atoms. The number of fused-ring (bicyclic) bond motifs is 2. The molecule has 0 aliphatic heterocycles. The van der Waals surface area contributed by atoms with Crippen LogP contribution in [0.25, 0.3) is 38.0 Å². The van der Waals surface area contributed by atoms with Gasteiger partial charge in [-0.05, 0) is 42.0 Å². The van der Waals surface area contributed by atoms with Crippen LogP contribution in [0, 0.1) is 6.57 Å². The molecule has 0 bridgehead atoms. The number of aromatic amines is 2. The Kier molecular flexibility index (Phi) is 5.13. The molecule has 10 nitrogen and oxygen atoms in total. The van der Waals surface area contributed by atoms with Crippen LogP contribution in [0.15, 0.2) is 73.3 Å². The second-order valence-electron chi connectivity index (χ2n) is 8.17. The highest BCUT2D eigenvalue weighted by atomic mass is 16.1. The molecule has 0 fully saturated rings. The summed E-state index contributed by atoms with van der Waals surface area (Å²) in [6.45, 7) is 7.51. The largest absolute Gasteiger partial charge is 0.352 e. The normalized spacial score (nSPS) is 11.0. The topological polar surface area (TPSA) is 129 Å². The van der Waals surface area contributed by atoms with Crippen molar-refractivity contribution in [1.29, 1.82) is 0 Å². The zero-order valence-electron chi connectivity index (χ0n) is 18.7. The van der Waals surface area contributed by atoms with Crippen LogP contribution in [0.2, 0.25) is 0 Å². The summed E-state index contributed by atoms with van der Waals surface area (Å²) in [5.74, 6) is 0.826. The lowest BCUT2D eigenvalue weighted by atomic mass is 10.1. The Balaban J connectivity index is 1.30. The van der Waals surface area contributed by atoms with Crippen molar-refractivity contribution in [3.05, 3.63) is 96.0 Å². The highest BCUT2D eigenvalue weighted by molar-refractivity contribution is 6.01. The van der Waals surface area contributed by atoms with E-state index in [2.05, 4.69) is 45.5 Å². The smallest absolute Gasteiger partial charge is 0.246 e. The molecule has 0 aliphatic rings. The fraction of sp³-hybridized carbons (Fsp3) is 0.0385. The van der Waals surface area contributed by atoms with Crippen molar-refractivity contribution in [3.8, 4) is 11.4 Å². The molecule has 0 amide bonds. The number of carbonyl (C=O) groups excluding carboxylic acids is 1. The SMILES string of the molecule is [C-]#[N+]c1cnc(-c2ccc3cc(C(=O)Cc4ccnnc4)[nH]c3c2)nc1Nc1ccc2[nH]ncc2c1. The van der Waals surface area contributed by atoms with Gasteiger partial charge < -0.3 is 10.3 Å². The van der Waals surface area contributed by atoms with Crippen molar-refractivity contribution in [1.82, 2.24) is 35.3 Å². The average Bonchev–Trinajstić information content (AvgIpc) is 3.55. The minimum atomic E-state index is -0.0421. The summed E-state index contributed by atoms with van der Waals surface area (Å²) in [6, 6.07) is 15.0. The minimum Gasteiger partial charge on any atom is -0.352 e. The van der Waals surface area contributed by atoms with E-state index in [-0.39, 0.29) is 12.2 Å². The second kappa shape index (κ2) is 8.73. The molecule has 0 saturated carbocycles. The Bertz CT molecular complexity index is 1780. The van der Waals surface area contributed by atoms with Gasteiger partial charge in [0.15, 0.2) is 11.6 Å². The molecule has 0 atom stereocenters. The van der Waals surface area contributed by atoms with Crippen LogP contribution in [-0.2, 0) is 6.42 Å². The van der Waals surface area contributed by atoms with Gasteiger partial charge in [-0.25, -0.2) is 14.8 Å². The summed E-state index contributed by atoms with van der Waals surface area (Å²) in [7, 11) is 0. The Labute approximate surface area is 204 Å². The zero-order valence-corrected chi connectivity index (χ0v) is 18.7. The molecule has 4 aromatic heterocycles. The first-order valence-electron chi connectivity index (χ1n) is 11.0. The van der Waals surface area contributed by atoms with Gasteiger partial charge in [0.2, 0.25) is 5.69 Å². The van der Waals surface area contributed by atoms with E-state index < -0.39 is 0 Å². The number of nitrogens with one attached hydrogen (secondary N) is 3. The van der Waals surface area contributed by atoms with Gasteiger partial charge in [0.25, 0.3) is 0 Å². The third-order valence-electron chi connectivity index (χ3n) is 5.78. The van der Waals surface area contributed by atoms with Crippen molar-refractivity contribution in [2.45, 2.75) is 6.42 Å². The van der Waals surface area contributed by atoms with Crippen LogP contribution in [0.3, 0.4) is 0 Å². The third kappa shape index (κ3) is 4.01. The quantitative estimate of drug-likeness (QED) is 0.230. The van der Waals surface area contributed by atoms with Crippen molar-refractivity contribution in [2.75, 3.05) is 5.32 Å². The lowest BCUT2D eigenvalue weighted by Gasteiger charge is -2.09. The van der Waals surface area contributed by atoms with E-state index in [0.717, 1.165) is 38.6 Å². The molecule has 0 unspecified atom stereocenters. The van der Waals surface area contributed by atoms with E-state index >= 15 is 0 Å². The molecule has 0 aliphatic carbocycles.